The second-order valence-corrected chi connectivity index (χ2v) is 5.81. The Morgan fingerprint density at radius 3 is 2.48 bits per heavy atom. The summed E-state index contributed by atoms with van der Waals surface area (Å²) >= 11 is 0. The van der Waals surface area contributed by atoms with Crippen LogP contribution in [0.3, 0.4) is 0 Å². The number of aromatic nitrogens is 2. The van der Waals surface area contributed by atoms with Crippen LogP contribution in [-0.2, 0) is 12.7 Å². The maximum atomic E-state index is 12.9. The predicted molar refractivity (Wildman–Crippen MR) is 96.5 cm³/mol. The molecule has 27 heavy (non-hydrogen) atoms. The van der Waals surface area contributed by atoms with Crippen LogP contribution in [0.5, 0.6) is 0 Å². The molecule has 2 aromatic heterocycles. The third kappa shape index (κ3) is 6.01. The molecule has 0 bridgehead atoms. The van der Waals surface area contributed by atoms with Crippen molar-refractivity contribution in [3.63, 3.8) is 0 Å². The Hall–Kier alpha value is -3.04. The molecule has 2 heterocycles. The maximum Gasteiger partial charge on any atom is 0.419 e. The monoisotopic (exact) mass is 382 g/mol. The smallest absolute Gasteiger partial charge is 0.368 e. The van der Waals surface area contributed by atoms with Crippen molar-refractivity contribution >= 4 is 17.7 Å². The lowest BCUT2D eigenvalue weighted by Crippen LogP contribution is -2.38. The number of urea groups is 1. The highest BCUT2D eigenvalue weighted by Gasteiger charge is 2.33. The Morgan fingerprint density at radius 1 is 1.07 bits per heavy atom. The molecule has 3 N–H and O–H groups in total. The van der Waals surface area contributed by atoms with Gasteiger partial charge in [0.25, 0.3) is 0 Å². The number of nitrogens with one attached hydrogen (secondary N) is 3. The zero-order valence-electron chi connectivity index (χ0n) is 15.0. The lowest BCUT2D eigenvalue weighted by atomic mass is 10.2. The summed E-state index contributed by atoms with van der Waals surface area (Å²) in [7, 11) is 3.70. The van der Waals surface area contributed by atoms with Crippen LogP contribution in [-0.4, -0.2) is 43.2 Å². The highest BCUT2D eigenvalue weighted by Crippen LogP contribution is 2.33. The van der Waals surface area contributed by atoms with E-state index in [0.717, 1.165) is 17.4 Å². The zero-order valence-corrected chi connectivity index (χ0v) is 15.0. The fraction of sp³-hybridized carbons (Fsp3) is 0.353. The number of pyridine rings is 2. The van der Waals surface area contributed by atoms with Gasteiger partial charge in [0.2, 0.25) is 0 Å². The van der Waals surface area contributed by atoms with Gasteiger partial charge in [0, 0.05) is 51.7 Å². The van der Waals surface area contributed by atoms with Gasteiger partial charge in [0.05, 0.1) is 5.56 Å². The summed E-state index contributed by atoms with van der Waals surface area (Å²) in [6, 6.07) is 5.37. The summed E-state index contributed by atoms with van der Waals surface area (Å²) < 4.78 is 38.6. The summed E-state index contributed by atoms with van der Waals surface area (Å²) in [5.41, 5.74) is 0.00123. The van der Waals surface area contributed by atoms with Gasteiger partial charge in [-0.2, -0.15) is 13.2 Å². The van der Waals surface area contributed by atoms with Gasteiger partial charge in [-0.1, -0.05) is 6.07 Å². The zero-order chi connectivity index (χ0) is 19.9. The third-order valence-electron chi connectivity index (χ3n) is 3.55. The number of anilines is 2. The second-order valence-electron chi connectivity index (χ2n) is 5.81. The van der Waals surface area contributed by atoms with Crippen LogP contribution in [0.2, 0.25) is 0 Å². The lowest BCUT2D eigenvalue weighted by Gasteiger charge is -2.16. The van der Waals surface area contributed by atoms with Gasteiger partial charge in [0.15, 0.2) is 0 Å². The van der Waals surface area contributed by atoms with Crippen molar-refractivity contribution in [3.05, 3.63) is 47.8 Å². The van der Waals surface area contributed by atoms with Gasteiger partial charge in [-0.25, -0.2) is 14.8 Å². The average molecular weight is 382 g/mol. The molecule has 0 unspecified atom stereocenters. The third-order valence-corrected chi connectivity index (χ3v) is 3.55. The molecule has 0 aliphatic carbocycles. The first kappa shape index (κ1) is 20.3. The number of amides is 2. The molecular weight excluding hydrogens is 361 g/mol. The van der Waals surface area contributed by atoms with E-state index in [0.29, 0.717) is 0 Å². The standard InChI is InChI=1S/C17H21F3N6O/c1-26(2)15-12(5-3-8-23-15)11-25-16(27)24-10-9-22-14-13(17(18,19)20)6-4-7-21-14/h3-8H,9-11H2,1-2H3,(H,21,22)(H2,24,25,27). The molecule has 2 aromatic rings. The maximum absolute atomic E-state index is 12.9. The van der Waals surface area contributed by atoms with E-state index < -0.39 is 17.8 Å². The molecule has 2 rings (SSSR count). The molecule has 0 aliphatic heterocycles. The minimum atomic E-state index is -4.49. The van der Waals surface area contributed by atoms with Gasteiger partial charge in [-0.3, -0.25) is 0 Å². The van der Waals surface area contributed by atoms with Gasteiger partial charge in [-0.15, -0.1) is 0 Å². The number of carbonyl (C=O) groups excluding carboxylic acids is 1. The Labute approximate surface area is 155 Å². The molecule has 0 radical (unpaired) electrons. The van der Waals surface area contributed by atoms with Gasteiger partial charge in [0.1, 0.15) is 11.6 Å². The summed E-state index contributed by atoms with van der Waals surface area (Å²) in [6.07, 6.45) is -1.55. The van der Waals surface area contributed by atoms with Crippen LogP contribution < -0.4 is 20.9 Å². The molecular formula is C17H21F3N6O. The van der Waals surface area contributed by atoms with E-state index in [1.165, 1.54) is 12.3 Å². The van der Waals surface area contributed by atoms with E-state index in [4.69, 9.17) is 0 Å². The van der Waals surface area contributed by atoms with E-state index in [-0.39, 0.29) is 25.5 Å². The van der Waals surface area contributed by atoms with Crippen LogP contribution in [0.4, 0.5) is 29.6 Å². The fourth-order valence-electron chi connectivity index (χ4n) is 2.34. The van der Waals surface area contributed by atoms with Crippen molar-refractivity contribution in [2.75, 3.05) is 37.4 Å². The second kappa shape index (κ2) is 9.06. The normalized spacial score (nSPS) is 11.0. The number of carbonyl (C=O) groups is 1. The number of hydrogen-bond acceptors (Lipinski definition) is 5. The number of halogens is 3. The van der Waals surface area contributed by atoms with Crippen molar-refractivity contribution in [1.82, 2.24) is 20.6 Å². The summed E-state index contributed by atoms with van der Waals surface area (Å²) in [5.74, 6) is 0.479. The first-order valence-electron chi connectivity index (χ1n) is 8.18. The van der Waals surface area contributed by atoms with Crippen molar-refractivity contribution in [1.29, 1.82) is 0 Å². The van der Waals surface area contributed by atoms with Crippen molar-refractivity contribution in [3.8, 4) is 0 Å². The first-order chi connectivity index (χ1) is 12.8. The van der Waals surface area contributed by atoms with E-state index in [1.807, 2.05) is 25.1 Å². The molecule has 146 valence electrons. The topological polar surface area (TPSA) is 82.2 Å². The lowest BCUT2D eigenvalue weighted by molar-refractivity contribution is -0.137. The van der Waals surface area contributed by atoms with E-state index in [9.17, 15) is 18.0 Å². The summed E-state index contributed by atoms with van der Waals surface area (Å²) in [6.45, 7) is 0.510. The Kier molecular flexibility index (Phi) is 6.80. The number of alkyl halides is 3. The minimum absolute atomic E-state index is 0.101. The molecule has 0 spiro atoms. The van der Waals surface area contributed by atoms with Gasteiger partial charge >= 0.3 is 12.2 Å². The average Bonchev–Trinajstić information content (AvgIpc) is 2.63. The molecule has 0 saturated heterocycles. The fourth-order valence-corrected chi connectivity index (χ4v) is 2.34. The van der Waals surface area contributed by atoms with Gasteiger partial charge < -0.3 is 20.9 Å². The van der Waals surface area contributed by atoms with E-state index >= 15 is 0 Å². The quantitative estimate of drug-likeness (QED) is 0.641. The molecule has 0 aromatic carbocycles. The Morgan fingerprint density at radius 2 is 1.78 bits per heavy atom. The summed E-state index contributed by atoms with van der Waals surface area (Å²) in [5, 5.41) is 7.85. The first-order valence-corrected chi connectivity index (χ1v) is 8.18. The largest absolute Gasteiger partial charge is 0.419 e. The Bertz CT molecular complexity index is 766. The molecule has 0 saturated carbocycles. The van der Waals surface area contributed by atoms with Crippen LogP contribution in [0.15, 0.2) is 36.7 Å². The van der Waals surface area contributed by atoms with Crippen molar-refractivity contribution < 1.29 is 18.0 Å². The van der Waals surface area contributed by atoms with Crippen LogP contribution in [0.1, 0.15) is 11.1 Å². The minimum Gasteiger partial charge on any atom is -0.368 e. The number of hydrogen-bond donors (Lipinski definition) is 3. The predicted octanol–water partition coefficient (Wildman–Crippen LogP) is 2.47. The molecule has 7 nitrogen and oxygen atoms in total. The van der Waals surface area contributed by atoms with Gasteiger partial charge in [-0.05, 0) is 18.2 Å². The molecule has 0 fully saturated rings. The molecule has 10 heteroatoms. The van der Waals surface area contributed by atoms with Crippen LogP contribution in [0, 0.1) is 0 Å². The molecule has 0 atom stereocenters. The van der Waals surface area contributed by atoms with Crippen LogP contribution >= 0.6 is 0 Å². The molecule has 0 aliphatic rings. The number of nitrogens with zero attached hydrogens (tertiary/aromatic N) is 3. The molecule has 2 amide bonds. The SMILES string of the molecule is CN(C)c1ncccc1CNC(=O)NCCNc1ncccc1C(F)(F)F. The van der Waals surface area contributed by atoms with E-state index in [2.05, 4.69) is 25.9 Å². The number of rotatable bonds is 7. The Balaban J connectivity index is 1.78. The summed E-state index contributed by atoms with van der Waals surface area (Å²) in [4.78, 5) is 21.6. The highest BCUT2D eigenvalue weighted by atomic mass is 19.4. The van der Waals surface area contributed by atoms with Crippen LogP contribution in [0.25, 0.3) is 0 Å². The van der Waals surface area contributed by atoms with E-state index in [1.54, 1.807) is 12.3 Å². The van der Waals surface area contributed by atoms with Crippen molar-refractivity contribution in [2.24, 2.45) is 0 Å². The van der Waals surface area contributed by atoms with Crippen molar-refractivity contribution in [2.45, 2.75) is 12.7 Å². The highest BCUT2D eigenvalue weighted by molar-refractivity contribution is 5.74.